The van der Waals surface area contributed by atoms with Gasteiger partial charge in [0, 0.05) is 24.2 Å². The lowest BCUT2D eigenvalue weighted by molar-refractivity contribution is -0.120. The van der Waals surface area contributed by atoms with Crippen LogP contribution in [0.2, 0.25) is 0 Å². The molecule has 0 aliphatic carbocycles. The quantitative estimate of drug-likeness (QED) is 0.518. The van der Waals surface area contributed by atoms with Crippen molar-refractivity contribution < 1.29 is 4.79 Å². The van der Waals surface area contributed by atoms with Crippen molar-refractivity contribution in [3.63, 3.8) is 0 Å². The number of fused-ring (bicyclic) bond motifs is 2. The maximum Gasteiger partial charge on any atom is 0.229 e. The van der Waals surface area contributed by atoms with Crippen LogP contribution >= 0.6 is 11.3 Å². The Morgan fingerprint density at radius 3 is 2.79 bits per heavy atom. The lowest BCUT2D eigenvalue weighted by Crippen LogP contribution is -2.40. The van der Waals surface area contributed by atoms with E-state index in [9.17, 15) is 4.79 Å². The minimum Gasteiger partial charge on any atom is -0.347 e. The van der Waals surface area contributed by atoms with Gasteiger partial charge < -0.3 is 10.2 Å². The van der Waals surface area contributed by atoms with Gasteiger partial charge in [0.1, 0.15) is 0 Å². The molecule has 5 heteroatoms. The average Bonchev–Trinajstić information content (AvgIpc) is 3.18. The molecule has 140 valence electrons. The molecule has 1 unspecified atom stereocenters. The summed E-state index contributed by atoms with van der Waals surface area (Å²) in [5.74, 6) is 0.0712. The van der Waals surface area contributed by atoms with E-state index in [1.54, 1.807) is 11.3 Å². The number of piperidine rings is 1. The topological polar surface area (TPSA) is 45.2 Å². The number of hydrogen-bond donors (Lipinski definition) is 1. The molecular weight excluding hydrogens is 366 g/mol. The smallest absolute Gasteiger partial charge is 0.229 e. The molecule has 1 amide bonds. The van der Waals surface area contributed by atoms with Crippen LogP contribution in [-0.4, -0.2) is 24.0 Å². The van der Waals surface area contributed by atoms with Gasteiger partial charge in [0.2, 0.25) is 5.91 Å². The Hall–Kier alpha value is -2.92. The molecular formula is C23H21N3OS. The first-order valence-electron chi connectivity index (χ1n) is 9.67. The van der Waals surface area contributed by atoms with Gasteiger partial charge in [-0.1, -0.05) is 59.9 Å². The van der Waals surface area contributed by atoms with Gasteiger partial charge in [-0.15, -0.1) is 0 Å². The summed E-state index contributed by atoms with van der Waals surface area (Å²) in [6.07, 6.45) is 1.92. The van der Waals surface area contributed by atoms with Crippen molar-refractivity contribution in [2.45, 2.75) is 12.8 Å². The maximum absolute atomic E-state index is 13.0. The second-order valence-corrected chi connectivity index (χ2v) is 8.27. The Bertz CT molecular complexity index is 1110. The number of amides is 1. The first kappa shape index (κ1) is 17.2. The minimum atomic E-state index is -0.0280. The van der Waals surface area contributed by atoms with E-state index in [1.165, 1.54) is 4.70 Å². The summed E-state index contributed by atoms with van der Waals surface area (Å²) < 4.78 is 1.19. The second kappa shape index (κ2) is 7.24. The fourth-order valence-corrected chi connectivity index (χ4v) is 4.93. The monoisotopic (exact) mass is 387 g/mol. The number of para-hydroxylation sites is 1. The third-order valence-corrected chi connectivity index (χ3v) is 6.49. The summed E-state index contributed by atoms with van der Waals surface area (Å²) in [6.45, 7) is 1.67. The summed E-state index contributed by atoms with van der Waals surface area (Å²) >= 11 is 1.71. The van der Waals surface area contributed by atoms with Gasteiger partial charge in [-0.25, -0.2) is 4.98 Å². The highest BCUT2D eigenvalue weighted by molar-refractivity contribution is 7.22. The predicted molar refractivity (Wildman–Crippen MR) is 117 cm³/mol. The lowest BCUT2D eigenvalue weighted by atomic mass is 9.97. The van der Waals surface area contributed by atoms with E-state index in [4.69, 9.17) is 4.98 Å². The van der Waals surface area contributed by atoms with Gasteiger partial charge in [-0.05, 0) is 36.4 Å². The number of benzene rings is 3. The van der Waals surface area contributed by atoms with Crippen LogP contribution in [0.25, 0.3) is 21.0 Å². The van der Waals surface area contributed by atoms with Crippen molar-refractivity contribution >= 4 is 49.1 Å². The van der Waals surface area contributed by atoms with E-state index in [-0.39, 0.29) is 11.8 Å². The van der Waals surface area contributed by atoms with Crippen LogP contribution in [0.5, 0.6) is 0 Å². The number of rotatable bonds is 3. The van der Waals surface area contributed by atoms with Gasteiger partial charge in [0.15, 0.2) is 5.13 Å². The van der Waals surface area contributed by atoms with Gasteiger partial charge in [0.25, 0.3) is 0 Å². The highest BCUT2D eigenvalue weighted by Crippen LogP contribution is 2.32. The van der Waals surface area contributed by atoms with Gasteiger partial charge in [-0.3, -0.25) is 4.79 Å². The number of hydrogen-bond acceptors (Lipinski definition) is 4. The molecule has 0 spiro atoms. The SMILES string of the molecule is O=C(Nc1cccc2ccccc12)C1CCCN(c2nc3ccccc3s2)C1. The Morgan fingerprint density at radius 2 is 1.86 bits per heavy atom. The number of nitrogens with one attached hydrogen (secondary N) is 1. The molecule has 1 aromatic heterocycles. The van der Waals surface area contributed by atoms with Gasteiger partial charge >= 0.3 is 0 Å². The molecule has 1 atom stereocenters. The third-order valence-electron chi connectivity index (χ3n) is 5.39. The second-order valence-electron chi connectivity index (χ2n) is 7.27. The molecule has 1 saturated heterocycles. The highest BCUT2D eigenvalue weighted by atomic mass is 32.1. The highest BCUT2D eigenvalue weighted by Gasteiger charge is 2.27. The van der Waals surface area contributed by atoms with Gasteiger partial charge in [-0.2, -0.15) is 0 Å². The molecule has 1 aliphatic heterocycles. The lowest BCUT2D eigenvalue weighted by Gasteiger charge is -2.31. The molecule has 0 saturated carbocycles. The molecule has 0 bridgehead atoms. The van der Waals surface area contributed by atoms with Crippen LogP contribution in [-0.2, 0) is 4.79 Å². The first-order valence-corrected chi connectivity index (χ1v) is 10.5. The van der Waals surface area contributed by atoms with E-state index in [0.717, 1.165) is 53.0 Å². The first-order chi connectivity index (χ1) is 13.8. The van der Waals surface area contributed by atoms with Crippen molar-refractivity contribution in [3.05, 3.63) is 66.7 Å². The average molecular weight is 388 g/mol. The van der Waals surface area contributed by atoms with E-state index < -0.39 is 0 Å². The van der Waals surface area contributed by atoms with Crippen molar-refractivity contribution in [1.82, 2.24) is 4.98 Å². The molecule has 3 aromatic carbocycles. The van der Waals surface area contributed by atoms with Crippen LogP contribution < -0.4 is 10.2 Å². The summed E-state index contributed by atoms with van der Waals surface area (Å²) in [7, 11) is 0. The maximum atomic E-state index is 13.0. The van der Waals surface area contributed by atoms with Crippen LogP contribution in [0, 0.1) is 5.92 Å². The van der Waals surface area contributed by atoms with Crippen molar-refractivity contribution in [3.8, 4) is 0 Å². The zero-order valence-corrected chi connectivity index (χ0v) is 16.3. The number of carbonyl (C=O) groups excluding carboxylic acids is 1. The molecule has 1 aliphatic rings. The van der Waals surface area contributed by atoms with Crippen LogP contribution in [0.4, 0.5) is 10.8 Å². The number of anilines is 2. The van der Waals surface area contributed by atoms with Crippen molar-refractivity contribution in [1.29, 1.82) is 0 Å². The molecule has 2 heterocycles. The molecule has 1 N–H and O–H groups in total. The largest absolute Gasteiger partial charge is 0.347 e. The minimum absolute atomic E-state index is 0.0280. The summed E-state index contributed by atoms with van der Waals surface area (Å²) in [6, 6.07) is 22.4. The normalized spacial score (nSPS) is 17.1. The van der Waals surface area contributed by atoms with E-state index in [1.807, 2.05) is 42.5 Å². The number of nitrogens with zero attached hydrogens (tertiary/aromatic N) is 2. The van der Waals surface area contributed by atoms with E-state index in [2.05, 4.69) is 34.5 Å². The predicted octanol–water partition coefficient (Wildman–Crippen LogP) is 5.30. The van der Waals surface area contributed by atoms with Gasteiger partial charge in [0.05, 0.1) is 16.1 Å². The van der Waals surface area contributed by atoms with Crippen molar-refractivity contribution in [2.75, 3.05) is 23.3 Å². The van der Waals surface area contributed by atoms with Crippen LogP contribution in [0.15, 0.2) is 66.7 Å². The Balaban J connectivity index is 1.35. The van der Waals surface area contributed by atoms with Crippen LogP contribution in [0.1, 0.15) is 12.8 Å². The van der Waals surface area contributed by atoms with E-state index >= 15 is 0 Å². The summed E-state index contributed by atoms with van der Waals surface area (Å²) in [4.78, 5) is 20.0. The molecule has 4 nitrogen and oxygen atoms in total. The third kappa shape index (κ3) is 3.22. The number of thiazole rings is 1. The molecule has 5 rings (SSSR count). The molecule has 4 aromatic rings. The fraction of sp³-hybridized carbons (Fsp3) is 0.217. The molecule has 0 radical (unpaired) electrons. The Labute approximate surface area is 167 Å². The zero-order valence-electron chi connectivity index (χ0n) is 15.5. The Kier molecular flexibility index (Phi) is 4.45. The van der Waals surface area contributed by atoms with Crippen LogP contribution in [0.3, 0.4) is 0 Å². The standard InChI is InChI=1S/C23H21N3OS/c27-22(24-19-12-5-8-16-7-1-2-10-18(16)19)17-9-6-14-26(15-17)23-25-20-11-3-4-13-21(20)28-23/h1-5,7-8,10-13,17H,6,9,14-15H2,(H,24,27). The van der Waals surface area contributed by atoms with Crippen molar-refractivity contribution in [2.24, 2.45) is 5.92 Å². The summed E-state index contributed by atoms with van der Waals surface area (Å²) in [5.41, 5.74) is 1.92. The number of carbonyl (C=O) groups is 1. The molecule has 28 heavy (non-hydrogen) atoms. The van der Waals surface area contributed by atoms with E-state index in [0.29, 0.717) is 0 Å². The molecule has 1 fully saturated rings. The summed E-state index contributed by atoms with van der Waals surface area (Å²) in [5, 5.41) is 6.41. The fourth-order valence-electron chi connectivity index (χ4n) is 3.93. The Morgan fingerprint density at radius 1 is 1.04 bits per heavy atom. The number of aromatic nitrogens is 1. The zero-order chi connectivity index (χ0) is 18.9.